The summed E-state index contributed by atoms with van der Waals surface area (Å²) in [4.78, 5) is 14.9. The van der Waals surface area contributed by atoms with Crippen LogP contribution in [0.15, 0.2) is 60.7 Å². The van der Waals surface area contributed by atoms with Crippen LogP contribution in [0, 0.1) is 5.92 Å². The van der Waals surface area contributed by atoms with Gasteiger partial charge in [-0.25, -0.2) is 0 Å². The Morgan fingerprint density at radius 1 is 0.929 bits per heavy atom. The standard InChI is InChI=1S/C24H33NO3/c1-4-28-24(27)23(22(26)16-15-19(2)3)25(17-20-11-7-5-8-12-20)18-21-13-9-6-10-14-21/h5-14,19,22-23,26H,4,15-18H2,1-3H3. The van der Waals surface area contributed by atoms with Gasteiger partial charge >= 0.3 is 5.97 Å². The van der Waals surface area contributed by atoms with Gasteiger partial charge in [0.1, 0.15) is 6.04 Å². The average Bonchev–Trinajstić information content (AvgIpc) is 2.68. The monoisotopic (exact) mass is 383 g/mol. The summed E-state index contributed by atoms with van der Waals surface area (Å²) in [7, 11) is 0. The number of carbonyl (C=O) groups is 1. The maximum absolute atomic E-state index is 12.8. The molecule has 0 fully saturated rings. The highest BCUT2D eigenvalue weighted by Gasteiger charge is 2.34. The summed E-state index contributed by atoms with van der Waals surface area (Å²) in [5.74, 6) is 0.111. The lowest BCUT2D eigenvalue weighted by molar-refractivity contribution is -0.155. The molecule has 0 spiro atoms. The van der Waals surface area contributed by atoms with Crippen molar-refractivity contribution in [1.29, 1.82) is 0 Å². The molecule has 0 radical (unpaired) electrons. The summed E-state index contributed by atoms with van der Waals surface area (Å²) in [6.45, 7) is 7.48. The maximum Gasteiger partial charge on any atom is 0.326 e. The minimum Gasteiger partial charge on any atom is -0.465 e. The van der Waals surface area contributed by atoms with E-state index in [1.807, 2.05) is 65.6 Å². The Balaban J connectivity index is 2.30. The van der Waals surface area contributed by atoms with E-state index < -0.39 is 12.1 Å². The molecule has 0 heterocycles. The molecule has 0 aliphatic carbocycles. The van der Waals surface area contributed by atoms with Gasteiger partial charge in [-0.3, -0.25) is 9.69 Å². The molecule has 4 nitrogen and oxygen atoms in total. The Hall–Kier alpha value is -2.17. The zero-order valence-electron chi connectivity index (χ0n) is 17.3. The van der Waals surface area contributed by atoms with Crippen molar-refractivity contribution in [3.63, 3.8) is 0 Å². The van der Waals surface area contributed by atoms with Crippen LogP contribution in [-0.4, -0.2) is 34.7 Å². The molecule has 0 aromatic heterocycles. The largest absolute Gasteiger partial charge is 0.465 e. The van der Waals surface area contributed by atoms with Crippen LogP contribution in [0.25, 0.3) is 0 Å². The van der Waals surface area contributed by atoms with E-state index >= 15 is 0 Å². The normalized spacial score (nSPS) is 13.5. The average molecular weight is 384 g/mol. The Bertz CT molecular complexity index is 646. The van der Waals surface area contributed by atoms with Crippen LogP contribution in [0.3, 0.4) is 0 Å². The van der Waals surface area contributed by atoms with E-state index in [0.29, 0.717) is 32.0 Å². The van der Waals surface area contributed by atoms with Crippen LogP contribution in [0.1, 0.15) is 44.7 Å². The molecule has 0 aliphatic heterocycles. The fourth-order valence-electron chi connectivity index (χ4n) is 3.33. The highest BCUT2D eigenvalue weighted by atomic mass is 16.5. The molecule has 2 atom stereocenters. The van der Waals surface area contributed by atoms with E-state index in [0.717, 1.165) is 17.5 Å². The van der Waals surface area contributed by atoms with Gasteiger partial charge in [0.2, 0.25) is 0 Å². The number of nitrogens with zero attached hydrogens (tertiary/aromatic N) is 1. The molecule has 0 bridgehead atoms. The summed E-state index contributed by atoms with van der Waals surface area (Å²) in [5, 5.41) is 10.9. The summed E-state index contributed by atoms with van der Waals surface area (Å²) < 4.78 is 5.35. The van der Waals surface area contributed by atoms with E-state index in [-0.39, 0.29) is 5.97 Å². The first-order chi connectivity index (χ1) is 13.5. The molecule has 4 heteroatoms. The molecule has 28 heavy (non-hydrogen) atoms. The highest BCUT2D eigenvalue weighted by molar-refractivity contribution is 5.76. The van der Waals surface area contributed by atoms with Gasteiger partial charge in [-0.2, -0.15) is 0 Å². The Labute approximate surface area is 169 Å². The van der Waals surface area contributed by atoms with E-state index in [4.69, 9.17) is 4.74 Å². The number of rotatable bonds is 11. The summed E-state index contributed by atoms with van der Waals surface area (Å²) in [5.41, 5.74) is 2.20. The van der Waals surface area contributed by atoms with Gasteiger partial charge in [0.25, 0.3) is 0 Å². The van der Waals surface area contributed by atoms with Gasteiger partial charge in [0.05, 0.1) is 12.7 Å². The minimum atomic E-state index is -0.770. The third-order valence-electron chi connectivity index (χ3n) is 4.78. The number of benzene rings is 2. The highest BCUT2D eigenvalue weighted by Crippen LogP contribution is 2.20. The van der Waals surface area contributed by atoms with E-state index in [1.54, 1.807) is 6.92 Å². The summed E-state index contributed by atoms with van der Waals surface area (Å²) in [6, 6.07) is 19.4. The Morgan fingerprint density at radius 3 is 1.86 bits per heavy atom. The van der Waals surface area contributed by atoms with Crippen LogP contribution in [-0.2, 0) is 22.6 Å². The molecule has 0 saturated carbocycles. The van der Waals surface area contributed by atoms with Crippen LogP contribution >= 0.6 is 0 Å². The van der Waals surface area contributed by atoms with Gasteiger partial charge in [-0.1, -0.05) is 74.5 Å². The van der Waals surface area contributed by atoms with Crippen LogP contribution < -0.4 is 0 Å². The second kappa shape index (κ2) is 11.6. The molecule has 1 N–H and O–H groups in total. The van der Waals surface area contributed by atoms with Crippen LogP contribution in [0.5, 0.6) is 0 Å². The Kier molecular flexibility index (Phi) is 9.18. The first-order valence-electron chi connectivity index (χ1n) is 10.2. The lowest BCUT2D eigenvalue weighted by Gasteiger charge is -2.33. The number of esters is 1. The van der Waals surface area contributed by atoms with Crippen molar-refractivity contribution >= 4 is 5.97 Å². The fraction of sp³-hybridized carbons (Fsp3) is 0.458. The van der Waals surface area contributed by atoms with Crippen molar-refractivity contribution in [3.8, 4) is 0 Å². The van der Waals surface area contributed by atoms with E-state index in [1.165, 1.54) is 0 Å². The van der Waals surface area contributed by atoms with Crippen molar-refractivity contribution in [2.24, 2.45) is 5.92 Å². The Morgan fingerprint density at radius 2 is 1.43 bits per heavy atom. The number of hydrogen-bond donors (Lipinski definition) is 1. The molecule has 152 valence electrons. The summed E-state index contributed by atoms with van der Waals surface area (Å²) >= 11 is 0. The molecular formula is C24H33NO3. The van der Waals surface area contributed by atoms with E-state index in [2.05, 4.69) is 13.8 Å². The predicted octanol–water partition coefficient (Wildman–Crippen LogP) is 4.42. The second-order valence-corrected chi connectivity index (χ2v) is 7.61. The molecule has 0 saturated heterocycles. The smallest absolute Gasteiger partial charge is 0.326 e. The van der Waals surface area contributed by atoms with Crippen LogP contribution in [0.4, 0.5) is 0 Å². The molecular weight excluding hydrogens is 350 g/mol. The van der Waals surface area contributed by atoms with Gasteiger partial charge in [0, 0.05) is 13.1 Å². The summed E-state index contributed by atoms with van der Waals surface area (Å²) in [6.07, 6.45) is 0.664. The number of ether oxygens (including phenoxy) is 1. The third-order valence-corrected chi connectivity index (χ3v) is 4.78. The van der Waals surface area contributed by atoms with E-state index in [9.17, 15) is 9.90 Å². The number of aliphatic hydroxyl groups excluding tert-OH is 1. The minimum absolute atomic E-state index is 0.302. The molecule has 2 unspecified atom stereocenters. The SMILES string of the molecule is CCOC(=O)C(C(O)CCC(C)C)N(Cc1ccccc1)Cc1ccccc1. The lowest BCUT2D eigenvalue weighted by Crippen LogP contribution is -2.49. The maximum atomic E-state index is 12.8. The number of aliphatic hydroxyl groups is 1. The van der Waals surface area contributed by atoms with Crippen molar-refractivity contribution < 1.29 is 14.6 Å². The molecule has 2 aromatic carbocycles. The quantitative estimate of drug-likeness (QED) is 0.584. The molecule has 2 rings (SSSR count). The first kappa shape index (κ1) is 22.1. The van der Waals surface area contributed by atoms with Gasteiger partial charge in [-0.05, 0) is 36.8 Å². The molecule has 0 amide bonds. The van der Waals surface area contributed by atoms with Gasteiger partial charge in [-0.15, -0.1) is 0 Å². The first-order valence-corrected chi connectivity index (χ1v) is 10.2. The number of carbonyl (C=O) groups excluding carboxylic acids is 1. The topological polar surface area (TPSA) is 49.8 Å². The predicted molar refractivity (Wildman–Crippen MR) is 113 cm³/mol. The number of hydrogen-bond acceptors (Lipinski definition) is 4. The van der Waals surface area contributed by atoms with Crippen molar-refractivity contribution in [2.75, 3.05) is 6.61 Å². The molecule has 2 aromatic rings. The molecule has 0 aliphatic rings. The zero-order chi connectivity index (χ0) is 20.4. The van der Waals surface area contributed by atoms with Crippen molar-refractivity contribution in [3.05, 3.63) is 71.8 Å². The van der Waals surface area contributed by atoms with Crippen LogP contribution in [0.2, 0.25) is 0 Å². The van der Waals surface area contributed by atoms with Gasteiger partial charge < -0.3 is 9.84 Å². The van der Waals surface area contributed by atoms with Crippen molar-refractivity contribution in [2.45, 2.75) is 58.8 Å². The van der Waals surface area contributed by atoms with Gasteiger partial charge in [0.15, 0.2) is 0 Å². The second-order valence-electron chi connectivity index (χ2n) is 7.61. The lowest BCUT2D eigenvalue weighted by atomic mass is 9.98. The fourth-order valence-corrected chi connectivity index (χ4v) is 3.33. The van der Waals surface area contributed by atoms with Crippen molar-refractivity contribution in [1.82, 2.24) is 4.90 Å². The zero-order valence-corrected chi connectivity index (χ0v) is 17.3. The third kappa shape index (κ3) is 7.10.